The van der Waals surface area contributed by atoms with Crippen molar-refractivity contribution in [3.8, 4) is 0 Å². The van der Waals surface area contributed by atoms with E-state index in [0.717, 1.165) is 19.5 Å². The van der Waals surface area contributed by atoms with E-state index in [4.69, 9.17) is 17.2 Å². The normalized spacial score (nSPS) is 19.0. The highest BCUT2D eigenvalue weighted by Gasteiger charge is 2.33. The van der Waals surface area contributed by atoms with Gasteiger partial charge >= 0.3 is 0 Å². The molecule has 2 aliphatic heterocycles. The largest absolute Gasteiger partial charge is 0.395 e. The van der Waals surface area contributed by atoms with Crippen LogP contribution in [0.2, 0.25) is 0 Å². The predicted molar refractivity (Wildman–Crippen MR) is 137 cm³/mol. The van der Waals surface area contributed by atoms with Crippen LogP contribution in [-0.2, 0) is 4.79 Å². The monoisotopic (exact) mass is 487 g/mol. The van der Waals surface area contributed by atoms with Gasteiger partial charge in [-0.3, -0.25) is 23.8 Å². The van der Waals surface area contributed by atoms with Crippen molar-refractivity contribution in [3.63, 3.8) is 0 Å². The average molecular weight is 488 g/mol. The molecule has 0 saturated carbocycles. The van der Waals surface area contributed by atoms with E-state index in [1.165, 1.54) is 16.2 Å². The van der Waals surface area contributed by atoms with Gasteiger partial charge in [0, 0.05) is 45.5 Å². The molecular weight excluding hydrogens is 458 g/mol. The number of hydrogen-bond acceptors (Lipinski definition) is 8. The van der Waals surface area contributed by atoms with Crippen molar-refractivity contribution < 1.29 is 9.90 Å². The fourth-order valence-electron chi connectivity index (χ4n) is 3.99. The lowest BCUT2D eigenvalue weighted by Gasteiger charge is -2.35. The van der Waals surface area contributed by atoms with E-state index < -0.39 is 0 Å². The Bertz CT molecular complexity index is 1140. The summed E-state index contributed by atoms with van der Waals surface area (Å²) in [6.45, 7) is 8.47. The number of rotatable bonds is 7. The quantitative estimate of drug-likeness (QED) is 0.470. The molecule has 0 aliphatic carbocycles. The summed E-state index contributed by atoms with van der Waals surface area (Å²) in [4.78, 5) is 37.7. The number of amides is 1. The summed E-state index contributed by atoms with van der Waals surface area (Å²) in [5, 5.41) is 9.23. The number of carbonyl (C=O) groups excluding carboxylic acids is 1. The number of nitrogens with zero attached hydrogens (tertiary/aromatic N) is 5. The second-order valence-corrected chi connectivity index (χ2v) is 10.3. The summed E-state index contributed by atoms with van der Waals surface area (Å²) < 4.78 is 2.04. The highest BCUT2D eigenvalue weighted by Crippen LogP contribution is 2.34. The maximum atomic E-state index is 13.5. The molecule has 2 aliphatic rings. The van der Waals surface area contributed by atoms with Gasteiger partial charge in [-0.1, -0.05) is 43.9 Å². The Morgan fingerprint density at radius 3 is 2.64 bits per heavy atom. The van der Waals surface area contributed by atoms with Gasteiger partial charge in [0.15, 0.2) is 0 Å². The summed E-state index contributed by atoms with van der Waals surface area (Å²) >= 11 is 6.70. The molecule has 8 nitrogen and oxygen atoms in total. The Labute approximate surface area is 202 Å². The molecule has 2 saturated heterocycles. The van der Waals surface area contributed by atoms with E-state index in [1.54, 1.807) is 23.2 Å². The number of aromatic nitrogens is 2. The molecule has 4 heterocycles. The van der Waals surface area contributed by atoms with E-state index in [9.17, 15) is 14.7 Å². The lowest BCUT2D eigenvalue weighted by Crippen LogP contribution is -2.48. The summed E-state index contributed by atoms with van der Waals surface area (Å²) in [6.07, 6.45) is 4.22. The van der Waals surface area contributed by atoms with Crippen molar-refractivity contribution in [1.29, 1.82) is 0 Å². The first-order valence-electron chi connectivity index (χ1n) is 11.2. The summed E-state index contributed by atoms with van der Waals surface area (Å²) in [5.41, 5.74) is 0.761. The number of anilines is 1. The number of piperazine rings is 1. The summed E-state index contributed by atoms with van der Waals surface area (Å²) in [5.74, 6) is 0.897. The number of thiocarbonyl (C=S) groups is 1. The molecule has 1 amide bonds. The van der Waals surface area contributed by atoms with Gasteiger partial charge < -0.3 is 10.0 Å². The molecule has 0 aromatic carbocycles. The van der Waals surface area contributed by atoms with Crippen LogP contribution < -0.4 is 10.5 Å². The Morgan fingerprint density at radius 1 is 1.18 bits per heavy atom. The van der Waals surface area contributed by atoms with Gasteiger partial charge in [-0.05, 0) is 30.5 Å². The molecule has 0 bridgehead atoms. The number of carbonyl (C=O) groups is 1. The first kappa shape index (κ1) is 23.9. The molecule has 2 aromatic rings. The van der Waals surface area contributed by atoms with E-state index in [0.29, 0.717) is 58.4 Å². The van der Waals surface area contributed by atoms with Crippen molar-refractivity contribution >= 4 is 51.7 Å². The molecular formula is C23H29N5O3S2. The minimum Gasteiger partial charge on any atom is -0.395 e. The second kappa shape index (κ2) is 10.3. The van der Waals surface area contributed by atoms with Gasteiger partial charge in [0.05, 0.1) is 17.1 Å². The van der Waals surface area contributed by atoms with Gasteiger partial charge in [-0.15, -0.1) is 0 Å². The van der Waals surface area contributed by atoms with E-state index >= 15 is 0 Å². The van der Waals surface area contributed by atoms with Gasteiger partial charge in [0.2, 0.25) is 0 Å². The maximum Gasteiger partial charge on any atom is 0.267 e. The van der Waals surface area contributed by atoms with Crippen LogP contribution in [0.4, 0.5) is 5.82 Å². The lowest BCUT2D eigenvalue weighted by molar-refractivity contribution is -0.122. The van der Waals surface area contributed by atoms with Gasteiger partial charge in [-0.25, -0.2) is 4.98 Å². The lowest BCUT2D eigenvalue weighted by atomic mass is 10.1. The number of thioether (sulfide) groups is 1. The Balaban J connectivity index is 1.71. The van der Waals surface area contributed by atoms with Crippen molar-refractivity contribution in [2.45, 2.75) is 20.3 Å². The number of fused-ring (bicyclic) bond motifs is 1. The number of aliphatic hydroxyl groups is 1. The smallest absolute Gasteiger partial charge is 0.267 e. The van der Waals surface area contributed by atoms with Crippen LogP contribution in [0.5, 0.6) is 0 Å². The zero-order valence-electron chi connectivity index (χ0n) is 18.9. The molecule has 0 unspecified atom stereocenters. The third-order valence-electron chi connectivity index (χ3n) is 5.92. The van der Waals surface area contributed by atoms with E-state index in [-0.39, 0.29) is 18.1 Å². The topological polar surface area (TPSA) is 81.4 Å². The zero-order valence-corrected chi connectivity index (χ0v) is 20.6. The molecule has 33 heavy (non-hydrogen) atoms. The van der Waals surface area contributed by atoms with Crippen LogP contribution in [-0.4, -0.2) is 80.4 Å². The van der Waals surface area contributed by atoms with Gasteiger partial charge in [0.1, 0.15) is 15.8 Å². The summed E-state index contributed by atoms with van der Waals surface area (Å²) in [7, 11) is 0. The predicted octanol–water partition coefficient (Wildman–Crippen LogP) is 2.06. The molecule has 1 N–H and O–H groups in total. The SMILES string of the molecule is CC(C)CCN1C(=O)/C(=C/c2c(N3CCN(CCO)CC3)nc3ccccn3c2=O)SC1=S. The minimum absolute atomic E-state index is 0.124. The van der Waals surface area contributed by atoms with Crippen LogP contribution in [0, 0.1) is 5.92 Å². The molecule has 0 spiro atoms. The number of β-amino-alcohol motifs (C(OH)–C–C–N with tert-alkyl or cyclic N) is 1. The fraction of sp³-hybridized carbons (Fsp3) is 0.478. The molecule has 4 rings (SSSR count). The van der Waals surface area contributed by atoms with Crippen LogP contribution in [0.1, 0.15) is 25.8 Å². The molecule has 10 heteroatoms. The maximum absolute atomic E-state index is 13.5. The van der Waals surface area contributed by atoms with Crippen LogP contribution in [0.25, 0.3) is 11.7 Å². The number of pyridine rings is 1. The second-order valence-electron chi connectivity index (χ2n) is 8.65. The highest BCUT2D eigenvalue weighted by molar-refractivity contribution is 8.26. The zero-order chi connectivity index (χ0) is 23.5. The molecule has 0 atom stereocenters. The third kappa shape index (κ3) is 5.13. The number of hydrogen-bond donors (Lipinski definition) is 1. The molecule has 176 valence electrons. The Morgan fingerprint density at radius 2 is 1.94 bits per heavy atom. The van der Waals surface area contributed by atoms with Crippen molar-refractivity contribution in [1.82, 2.24) is 19.2 Å². The minimum atomic E-state index is -0.208. The first-order valence-corrected chi connectivity index (χ1v) is 12.5. The molecule has 0 radical (unpaired) electrons. The van der Waals surface area contributed by atoms with Crippen molar-refractivity contribution in [2.24, 2.45) is 5.92 Å². The number of aliphatic hydroxyl groups excluding tert-OH is 1. The van der Waals surface area contributed by atoms with E-state index in [1.807, 2.05) is 12.1 Å². The Kier molecular flexibility index (Phi) is 7.48. The average Bonchev–Trinajstić information content (AvgIpc) is 3.07. The summed E-state index contributed by atoms with van der Waals surface area (Å²) in [6, 6.07) is 5.45. The standard InChI is InChI=1S/C23H29N5O3S2/c1-16(2)6-8-28-22(31)18(33-23(28)32)15-17-20(26-11-9-25(10-12-26)13-14-29)24-19-5-3-4-7-27(19)21(17)30/h3-5,7,15-16,29H,6,8-14H2,1-2H3/b18-15-. The van der Waals surface area contributed by atoms with E-state index in [2.05, 4.69) is 23.6 Å². The van der Waals surface area contributed by atoms with Crippen molar-refractivity contribution in [3.05, 3.63) is 45.2 Å². The third-order valence-corrected chi connectivity index (χ3v) is 7.29. The van der Waals surface area contributed by atoms with Crippen LogP contribution in [0.15, 0.2) is 34.1 Å². The fourth-order valence-corrected chi connectivity index (χ4v) is 5.28. The Hall–Kier alpha value is -2.27. The highest BCUT2D eigenvalue weighted by atomic mass is 32.2. The molecule has 2 fully saturated rings. The van der Waals surface area contributed by atoms with Crippen LogP contribution >= 0.6 is 24.0 Å². The van der Waals surface area contributed by atoms with Crippen molar-refractivity contribution in [2.75, 3.05) is 50.8 Å². The first-order chi connectivity index (χ1) is 15.9. The van der Waals surface area contributed by atoms with Gasteiger partial charge in [-0.2, -0.15) is 0 Å². The molecule has 2 aromatic heterocycles. The van der Waals surface area contributed by atoms with Crippen LogP contribution in [0.3, 0.4) is 0 Å². The van der Waals surface area contributed by atoms with Gasteiger partial charge in [0.25, 0.3) is 11.5 Å².